The third kappa shape index (κ3) is 5.74. The maximum atomic E-state index is 12.2. The standard InChI is InChI=1S/C22H26N2O4/c1-17(28-20-6-3-2-4-7-20)22(26)23-16-18-11-13-24(14-12-18)21(25)10-9-19-8-5-15-27-19/h2-10,15,17-18H,11-14,16H2,1H3,(H,23,26)/b10-9+/t17-/m0/s1. The van der Waals surface area contributed by atoms with E-state index in [1.807, 2.05) is 35.2 Å². The summed E-state index contributed by atoms with van der Waals surface area (Å²) in [4.78, 5) is 26.3. The zero-order valence-corrected chi connectivity index (χ0v) is 16.0. The van der Waals surface area contributed by atoms with E-state index in [1.54, 1.807) is 37.5 Å². The summed E-state index contributed by atoms with van der Waals surface area (Å²) in [5.41, 5.74) is 0. The summed E-state index contributed by atoms with van der Waals surface area (Å²) >= 11 is 0. The molecule has 1 aliphatic heterocycles. The van der Waals surface area contributed by atoms with Crippen molar-refractivity contribution >= 4 is 17.9 Å². The first-order valence-corrected chi connectivity index (χ1v) is 9.61. The van der Waals surface area contributed by atoms with Gasteiger partial charge in [0.2, 0.25) is 5.91 Å². The lowest BCUT2D eigenvalue weighted by Gasteiger charge is -2.31. The quantitative estimate of drug-likeness (QED) is 0.747. The lowest BCUT2D eigenvalue weighted by atomic mass is 9.96. The summed E-state index contributed by atoms with van der Waals surface area (Å²) in [6, 6.07) is 12.9. The summed E-state index contributed by atoms with van der Waals surface area (Å²) in [7, 11) is 0. The van der Waals surface area contributed by atoms with Gasteiger partial charge < -0.3 is 19.4 Å². The Morgan fingerprint density at radius 3 is 2.64 bits per heavy atom. The molecule has 0 spiro atoms. The number of nitrogens with one attached hydrogen (secondary N) is 1. The second-order valence-corrected chi connectivity index (χ2v) is 6.94. The first kappa shape index (κ1) is 19.7. The predicted octanol–water partition coefficient (Wildman–Crippen LogP) is 3.12. The van der Waals surface area contributed by atoms with Crippen LogP contribution in [0.25, 0.3) is 6.08 Å². The molecule has 0 saturated carbocycles. The maximum Gasteiger partial charge on any atom is 0.260 e. The highest BCUT2D eigenvalue weighted by Gasteiger charge is 2.23. The van der Waals surface area contributed by atoms with Gasteiger partial charge in [-0.3, -0.25) is 9.59 Å². The van der Waals surface area contributed by atoms with Crippen molar-refractivity contribution in [1.82, 2.24) is 10.2 Å². The molecule has 1 atom stereocenters. The zero-order chi connectivity index (χ0) is 19.8. The molecule has 0 radical (unpaired) electrons. The summed E-state index contributed by atoms with van der Waals surface area (Å²) in [6.07, 6.45) is 6.00. The highest BCUT2D eigenvalue weighted by Crippen LogP contribution is 2.17. The van der Waals surface area contributed by atoms with Crippen LogP contribution in [0.3, 0.4) is 0 Å². The van der Waals surface area contributed by atoms with E-state index in [1.165, 1.54) is 0 Å². The number of furan rings is 1. The molecule has 1 aromatic heterocycles. The molecule has 1 aromatic carbocycles. The number of nitrogens with zero attached hydrogens (tertiary/aromatic N) is 1. The van der Waals surface area contributed by atoms with Crippen LogP contribution < -0.4 is 10.1 Å². The van der Waals surface area contributed by atoms with Gasteiger partial charge in [-0.2, -0.15) is 0 Å². The molecule has 6 heteroatoms. The van der Waals surface area contributed by atoms with E-state index < -0.39 is 6.10 Å². The Morgan fingerprint density at radius 1 is 1.21 bits per heavy atom. The predicted molar refractivity (Wildman–Crippen MR) is 107 cm³/mol. The highest BCUT2D eigenvalue weighted by atomic mass is 16.5. The molecule has 0 aliphatic carbocycles. The molecule has 1 N–H and O–H groups in total. The lowest BCUT2D eigenvalue weighted by molar-refractivity contribution is -0.129. The van der Waals surface area contributed by atoms with Crippen LogP contribution in [0.1, 0.15) is 25.5 Å². The van der Waals surface area contributed by atoms with E-state index in [0.29, 0.717) is 37.1 Å². The first-order valence-electron chi connectivity index (χ1n) is 9.61. The Bertz CT molecular complexity index is 778. The van der Waals surface area contributed by atoms with Crippen LogP contribution in [0.5, 0.6) is 5.75 Å². The molecule has 28 heavy (non-hydrogen) atoms. The largest absolute Gasteiger partial charge is 0.481 e. The number of likely N-dealkylation sites (tertiary alicyclic amines) is 1. The maximum absolute atomic E-state index is 12.2. The molecule has 3 rings (SSSR count). The average Bonchev–Trinajstić information content (AvgIpc) is 3.25. The van der Waals surface area contributed by atoms with Gasteiger partial charge in [-0.1, -0.05) is 18.2 Å². The number of hydrogen-bond acceptors (Lipinski definition) is 4. The van der Waals surface area contributed by atoms with Crippen LogP contribution in [0.2, 0.25) is 0 Å². The molecule has 1 saturated heterocycles. The number of hydrogen-bond donors (Lipinski definition) is 1. The Balaban J connectivity index is 1.37. The Kier molecular flexibility index (Phi) is 6.89. The molecule has 2 aromatic rings. The van der Waals surface area contributed by atoms with Crippen LogP contribution in [0, 0.1) is 5.92 Å². The lowest BCUT2D eigenvalue weighted by Crippen LogP contribution is -2.43. The van der Waals surface area contributed by atoms with Crippen molar-refractivity contribution in [1.29, 1.82) is 0 Å². The molecule has 148 valence electrons. The third-order valence-electron chi connectivity index (χ3n) is 4.85. The van der Waals surface area contributed by atoms with Crippen molar-refractivity contribution in [3.05, 3.63) is 60.6 Å². The Labute approximate surface area is 165 Å². The summed E-state index contributed by atoms with van der Waals surface area (Å²) in [5, 5.41) is 2.97. The van der Waals surface area contributed by atoms with Gasteiger partial charge in [-0.25, -0.2) is 0 Å². The number of amides is 2. The van der Waals surface area contributed by atoms with E-state index in [9.17, 15) is 9.59 Å². The minimum absolute atomic E-state index is 0.0104. The molecule has 2 amide bonds. The molecule has 0 unspecified atom stereocenters. The van der Waals surface area contributed by atoms with Crippen LogP contribution in [0.4, 0.5) is 0 Å². The minimum atomic E-state index is -0.546. The summed E-state index contributed by atoms with van der Waals surface area (Å²) in [5.74, 6) is 1.58. The molecular formula is C22H26N2O4. The first-order chi connectivity index (χ1) is 13.6. The number of rotatable bonds is 7. The zero-order valence-electron chi connectivity index (χ0n) is 16.0. The normalized spacial score (nSPS) is 16.1. The van der Waals surface area contributed by atoms with E-state index in [-0.39, 0.29) is 11.8 Å². The minimum Gasteiger partial charge on any atom is -0.481 e. The number of carbonyl (C=O) groups is 2. The van der Waals surface area contributed by atoms with Crippen molar-refractivity contribution in [2.24, 2.45) is 5.92 Å². The van der Waals surface area contributed by atoms with Crippen LogP contribution in [-0.4, -0.2) is 42.5 Å². The molecular weight excluding hydrogens is 356 g/mol. The van der Waals surface area contributed by atoms with Crippen molar-refractivity contribution in [2.75, 3.05) is 19.6 Å². The van der Waals surface area contributed by atoms with Crippen LogP contribution >= 0.6 is 0 Å². The number of ether oxygens (including phenoxy) is 1. The number of benzene rings is 1. The van der Waals surface area contributed by atoms with E-state index in [4.69, 9.17) is 9.15 Å². The topological polar surface area (TPSA) is 71.8 Å². The van der Waals surface area contributed by atoms with Crippen LogP contribution in [-0.2, 0) is 9.59 Å². The SMILES string of the molecule is C[C@H](Oc1ccccc1)C(=O)NCC1CCN(C(=O)/C=C/c2ccco2)CC1. The van der Waals surface area contributed by atoms with Gasteiger partial charge in [-0.05, 0) is 56.0 Å². The smallest absolute Gasteiger partial charge is 0.260 e. The van der Waals surface area contributed by atoms with Gasteiger partial charge in [0.05, 0.1) is 6.26 Å². The van der Waals surface area contributed by atoms with Crippen LogP contribution in [0.15, 0.2) is 59.2 Å². The highest BCUT2D eigenvalue weighted by molar-refractivity contribution is 5.91. The van der Waals surface area contributed by atoms with Gasteiger partial charge in [-0.15, -0.1) is 0 Å². The van der Waals surface area contributed by atoms with Gasteiger partial charge in [0.25, 0.3) is 5.91 Å². The van der Waals surface area contributed by atoms with Gasteiger partial charge >= 0.3 is 0 Å². The Morgan fingerprint density at radius 2 is 1.96 bits per heavy atom. The fourth-order valence-corrected chi connectivity index (χ4v) is 3.15. The number of piperidine rings is 1. The second kappa shape index (κ2) is 9.78. The molecule has 0 bridgehead atoms. The van der Waals surface area contributed by atoms with Gasteiger partial charge in [0.1, 0.15) is 11.5 Å². The monoisotopic (exact) mass is 382 g/mol. The summed E-state index contributed by atoms with van der Waals surface area (Å²) < 4.78 is 10.8. The fourth-order valence-electron chi connectivity index (χ4n) is 3.15. The van der Waals surface area contributed by atoms with Gasteiger partial charge in [0, 0.05) is 25.7 Å². The Hall–Kier alpha value is -3.02. The fraction of sp³-hybridized carbons (Fsp3) is 0.364. The molecule has 6 nitrogen and oxygen atoms in total. The number of carbonyl (C=O) groups excluding carboxylic acids is 2. The van der Waals surface area contributed by atoms with Crippen molar-refractivity contribution < 1.29 is 18.7 Å². The van der Waals surface area contributed by atoms with E-state index in [0.717, 1.165) is 12.8 Å². The van der Waals surface area contributed by atoms with E-state index >= 15 is 0 Å². The third-order valence-corrected chi connectivity index (χ3v) is 4.85. The second-order valence-electron chi connectivity index (χ2n) is 6.94. The summed E-state index contributed by atoms with van der Waals surface area (Å²) in [6.45, 7) is 3.73. The van der Waals surface area contributed by atoms with Crippen molar-refractivity contribution in [2.45, 2.75) is 25.9 Å². The van der Waals surface area contributed by atoms with Crippen molar-refractivity contribution in [3.8, 4) is 5.75 Å². The molecule has 1 aliphatic rings. The molecule has 2 heterocycles. The van der Waals surface area contributed by atoms with Gasteiger partial charge in [0.15, 0.2) is 6.10 Å². The average molecular weight is 382 g/mol. The van der Waals surface area contributed by atoms with Crippen molar-refractivity contribution in [3.63, 3.8) is 0 Å². The van der Waals surface area contributed by atoms with E-state index in [2.05, 4.69) is 5.32 Å². The number of para-hydroxylation sites is 1. The molecule has 1 fully saturated rings.